The van der Waals surface area contributed by atoms with Gasteiger partial charge in [-0.1, -0.05) is 10.2 Å². The summed E-state index contributed by atoms with van der Waals surface area (Å²) in [5.74, 6) is -1.26. The molecule has 1 rings (SSSR count). The van der Waals surface area contributed by atoms with E-state index < -0.39 is 53.1 Å². The maximum absolute atomic E-state index is 12.9. The van der Waals surface area contributed by atoms with E-state index in [1.165, 1.54) is 0 Å². The van der Waals surface area contributed by atoms with Crippen molar-refractivity contribution in [1.29, 1.82) is 0 Å². The molecule has 0 unspecified atom stereocenters. The number of halogens is 3. The highest BCUT2D eigenvalue weighted by atomic mass is 19.4. The number of hydrogen-bond acceptors (Lipinski definition) is 6. The summed E-state index contributed by atoms with van der Waals surface area (Å²) in [6.45, 7) is -0.833. The van der Waals surface area contributed by atoms with Gasteiger partial charge in [0.05, 0.1) is 23.6 Å². The smallest absolute Gasteiger partial charge is 0.423 e. The maximum atomic E-state index is 12.9. The minimum absolute atomic E-state index is 0.276. The lowest BCUT2D eigenvalue weighted by molar-refractivity contribution is -0.388. The van der Waals surface area contributed by atoms with E-state index in [0.29, 0.717) is 6.07 Å². The number of azide groups is 2. The lowest BCUT2D eigenvalue weighted by Gasteiger charge is -2.14. The second kappa shape index (κ2) is 8.38. The Morgan fingerprint density at radius 1 is 1.28 bits per heavy atom. The first-order valence-electron chi connectivity index (χ1n) is 6.29. The van der Waals surface area contributed by atoms with Gasteiger partial charge in [-0.3, -0.25) is 10.1 Å². The number of nitro groups is 1. The summed E-state index contributed by atoms with van der Waals surface area (Å²) in [6, 6.07) is 1.59. The zero-order chi connectivity index (χ0) is 19.0. The molecule has 14 heteroatoms. The van der Waals surface area contributed by atoms with Gasteiger partial charge in [0.1, 0.15) is 11.7 Å². The van der Waals surface area contributed by atoms with Crippen LogP contribution in [0.2, 0.25) is 0 Å². The molecule has 0 N–H and O–H groups in total. The Morgan fingerprint density at radius 2 is 1.84 bits per heavy atom. The highest BCUT2D eigenvalue weighted by molar-refractivity contribution is 5.90. The third kappa shape index (κ3) is 5.57. The van der Waals surface area contributed by atoms with Gasteiger partial charge in [-0.2, -0.15) is 13.2 Å². The summed E-state index contributed by atoms with van der Waals surface area (Å²) >= 11 is 0. The van der Waals surface area contributed by atoms with Gasteiger partial charge in [0.15, 0.2) is 0 Å². The molecule has 0 amide bonds. The zero-order valence-corrected chi connectivity index (χ0v) is 12.1. The summed E-state index contributed by atoms with van der Waals surface area (Å²) in [5, 5.41) is 16.9. The lowest BCUT2D eigenvalue weighted by atomic mass is 10.1. The number of nitro benzene ring substituents is 1. The molecule has 0 radical (unpaired) electrons. The Morgan fingerprint density at radius 3 is 2.28 bits per heavy atom. The van der Waals surface area contributed by atoms with Gasteiger partial charge in [-0.25, -0.2) is 4.79 Å². The Bertz CT molecular complexity index is 749. The molecule has 0 aromatic heterocycles. The summed E-state index contributed by atoms with van der Waals surface area (Å²) in [7, 11) is 0. The van der Waals surface area contributed by atoms with Gasteiger partial charge in [-0.15, -0.1) is 0 Å². The largest absolute Gasteiger partial charge is 0.459 e. The van der Waals surface area contributed by atoms with Crippen LogP contribution in [0.5, 0.6) is 0 Å². The molecule has 0 atom stereocenters. The van der Waals surface area contributed by atoms with Crippen LogP contribution in [0.4, 0.5) is 18.9 Å². The Balaban J connectivity index is 3.13. The van der Waals surface area contributed by atoms with Gasteiger partial charge >= 0.3 is 12.1 Å². The molecule has 0 spiro atoms. The van der Waals surface area contributed by atoms with Crippen LogP contribution < -0.4 is 0 Å². The van der Waals surface area contributed by atoms with Crippen LogP contribution in [0.3, 0.4) is 0 Å². The van der Waals surface area contributed by atoms with E-state index in [1.807, 2.05) is 0 Å². The first kappa shape index (κ1) is 19.5. The quantitative estimate of drug-likeness (QED) is 0.180. The van der Waals surface area contributed by atoms with Gasteiger partial charge in [0, 0.05) is 15.9 Å². The second-order valence-corrected chi connectivity index (χ2v) is 4.34. The van der Waals surface area contributed by atoms with E-state index in [9.17, 15) is 28.1 Å². The minimum atomic E-state index is -5.06. The molecule has 0 heterocycles. The van der Waals surface area contributed by atoms with Crippen molar-refractivity contribution < 1.29 is 27.6 Å². The number of nitrogens with zero attached hydrogens (tertiary/aromatic N) is 7. The number of ether oxygens (including phenoxy) is 1. The van der Waals surface area contributed by atoms with Crippen molar-refractivity contribution in [2.75, 3.05) is 13.1 Å². The first-order valence-corrected chi connectivity index (χ1v) is 6.29. The lowest BCUT2D eigenvalue weighted by Crippen LogP contribution is -2.24. The topological polar surface area (TPSA) is 167 Å². The number of rotatable bonds is 7. The van der Waals surface area contributed by atoms with Crippen molar-refractivity contribution in [2.24, 2.45) is 10.2 Å². The average Bonchev–Trinajstić information content (AvgIpc) is 2.55. The van der Waals surface area contributed by atoms with Crippen molar-refractivity contribution in [1.82, 2.24) is 0 Å². The van der Waals surface area contributed by atoms with E-state index >= 15 is 0 Å². The van der Waals surface area contributed by atoms with Gasteiger partial charge in [0.25, 0.3) is 5.69 Å². The highest BCUT2D eigenvalue weighted by Crippen LogP contribution is 2.36. The molecule has 1 aromatic rings. The number of carbonyl (C=O) groups excluding carboxylic acids is 1. The molecule has 0 aliphatic rings. The molecule has 0 aliphatic carbocycles. The number of hydrogen-bond donors (Lipinski definition) is 0. The molecule has 1 aromatic carbocycles. The minimum Gasteiger partial charge on any atom is -0.459 e. The third-order valence-corrected chi connectivity index (χ3v) is 2.71. The van der Waals surface area contributed by atoms with Gasteiger partial charge in [0.2, 0.25) is 0 Å². The van der Waals surface area contributed by atoms with E-state index in [2.05, 4.69) is 20.1 Å². The Labute approximate surface area is 136 Å². The maximum Gasteiger partial charge on any atom is 0.423 e. The van der Waals surface area contributed by atoms with Crippen molar-refractivity contribution in [3.05, 3.63) is 60.3 Å². The van der Waals surface area contributed by atoms with Crippen LogP contribution in [0.1, 0.15) is 15.9 Å². The Kier molecular flexibility index (Phi) is 6.55. The second-order valence-electron chi connectivity index (χ2n) is 4.34. The highest BCUT2D eigenvalue weighted by Gasteiger charge is 2.39. The number of esters is 1. The fourth-order valence-electron chi connectivity index (χ4n) is 1.66. The molecular weight excluding hydrogens is 351 g/mol. The van der Waals surface area contributed by atoms with Crippen LogP contribution in [-0.4, -0.2) is 30.1 Å². The summed E-state index contributed by atoms with van der Waals surface area (Å²) < 4.78 is 43.4. The summed E-state index contributed by atoms with van der Waals surface area (Å²) in [4.78, 5) is 26.2. The van der Waals surface area contributed by atoms with Crippen molar-refractivity contribution in [3.63, 3.8) is 0 Å². The molecular formula is C11H8F3N7O4. The fraction of sp³-hybridized carbons (Fsp3) is 0.364. The molecule has 0 saturated heterocycles. The SMILES string of the molecule is [N-]=[N+]=NCC(CN=[N+]=[N-])OC(=O)c1ccc([N+](=O)[O-])c(C(F)(F)F)c1. The zero-order valence-electron chi connectivity index (χ0n) is 12.1. The predicted molar refractivity (Wildman–Crippen MR) is 75.3 cm³/mol. The van der Waals surface area contributed by atoms with Crippen LogP contribution in [0.25, 0.3) is 20.9 Å². The van der Waals surface area contributed by atoms with Crippen molar-refractivity contribution in [3.8, 4) is 0 Å². The fourth-order valence-corrected chi connectivity index (χ4v) is 1.66. The monoisotopic (exact) mass is 359 g/mol. The van der Waals surface area contributed by atoms with Gasteiger partial charge < -0.3 is 4.74 Å². The standard InChI is InChI=1S/C11H8F3N7O4/c12-11(13,14)8-3-6(1-2-9(8)21(23)24)10(22)25-7(4-17-19-15)5-18-20-16/h1-3,7H,4-5H2. The average molecular weight is 359 g/mol. The molecule has 132 valence electrons. The van der Waals surface area contributed by atoms with Crippen molar-refractivity contribution in [2.45, 2.75) is 12.3 Å². The third-order valence-electron chi connectivity index (χ3n) is 2.71. The van der Waals surface area contributed by atoms with E-state index in [-0.39, 0.29) is 6.07 Å². The molecule has 0 bridgehead atoms. The van der Waals surface area contributed by atoms with Crippen LogP contribution >= 0.6 is 0 Å². The number of carbonyl (C=O) groups is 1. The molecule has 11 nitrogen and oxygen atoms in total. The van der Waals surface area contributed by atoms with E-state index in [4.69, 9.17) is 15.8 Å². The first-order chi connectivity index (χ1) is 11.7. The Hall–Kier alpha value is -3.50. The van der Waals surface area contributed by atoms with E-state index in [0.717, 1.165) is 6.07 Å². The molecule has 25 heavy (non-hydrogen) atoms. The number of alkyl halides is 3. The van der Waals surface area contributed by atoms with Crippen LogP contribution in [-0.2, 0) is 10.9 Å². The molecule has 0 saturated carbocycles. The van der Waals surface area contributed by atoms with Crippen LogP contribution in [0, 0.1) is 10.1 Å². The van der Waals surface area contributed by atoms with E-state index in [1.54, 1.807) is 0 Å². The molecule has 0 aliphatic heterocycles. The van der Waals surface area contributed by atoms with Gasteiger partial charge in [-0.05, 0) is 23.2 Å². The van der Waals surface area contributed by atoms with Crippen molar-refractivity contribution >= 4 is 11.7 Å². The summed E-state index contributed by atoms with van der Waals surface area (Å²) in [5.41, 5.74) is 13.0. The normalized spacial score (nSPS) is 11.6. The number of benzene rings is 1. The summed E-state index contributed by atoms with van der Waals surface area (Å²) in [6.07, 6.45) is -6.27. The molecule has 0 fully saturated rings. The predicted octanol–water partition coefficient (Wildman–Crippen LogP) is 3.76. The van der Waals surface area contributed by atoms with Crippen LogP contribution in [0.15, 0.2) is 28.4 Å².